The maximum absolute atomic E-state index is 13.7. The number of hydrogen-bond acceptors (Lipinski definition) is 0. The highest BCUT2D eigenvalue weighted by Gasteiger charge is 2.48. The van der Waals surface area contributed by atoms with Crippen molar-refractivity contribution in [1.29, 1.82) is 0 Å². The lowest BCUT2D eigenvalue weighted by atomic mass is 9.96. The molecule has 0 unspecified atom stereocenters. The Morgan fingerprint density at radius 1 is 0.359 bits per heavy atom. The summed E-state index contributed by atoms with van der Waals surface area (Å²) in [5, 5.41) is 5.36. The molecule has 0 saturated heterocycles. The first-order valence-electron chi connectivity index (χ1n) is 13.1. The summed E-state index contributed by atoms with van der Waals surface area (Å²) in [6.45, 7) is 0. The molecule has 3 heteroatoms. The largest absolute Gasteiger partial charge is 0.207 e. The summed E-state index contributed by atoms with van der Waals surface area (Å²) < 4.78 is 27.4. The van der Waals surface area contributed by atoms with Gasteiger partial charge in [0.25, 0.3) is 0 Å². The molecule has 1 aliphatic rings. The zero-order valence-corrected chi connectivity index (χ0v) is 22.1. The van der Waals surface area contributed by atoms with Gasteiger partial charge in [0.1, 0.15) is 11.6 Å². The van der Waals surface area contributed by atoms with E-state index in [1.807, 2.05) is 24.3 Å². The van der Waals surface area contributed by atoms with E-state index < -0.39 is 8.07 Å². The zero-order valence-electron chi connectivity index (χ0n) is 21.1. The lowest BCUT2D eigenvalue weighted by Gasteiger charge is -2.31. The summed E-state index contributed by atoms with van der Waals surface area (Å²) in [6.07, 6.45) is 0. The summed E-state index contributed by atoms with van der Waals surface area (Å²) in [6, 6.07) is 48.5. The van der Waals surface area contributed by atoms with Gasteiger partial charge in [0, 0.05) is 0 Å². The van der Waals surface area contributed by atoms with Crippen molar-refractivity contribution < 1.29 is 8.78 Å². The minimum atomic E-state index is -2.61. The van der Waals surface area contributed by atoms with Crippen LogP contribution in [-0.4, -0.2) is 8.07 Å². The number of halogens is 2. The van der Waals surface area contributed by atoms with E-state index in [0.29, 0.717) is 0 Å². The smallest absolute Gasteiger partial charge is 0.180 e. The molecule has 0 spiro atoms. The van der Waals surface area contributed by atoms with Crippen LogP contribution in [0.1, 0.15) is 0 Å². The second-order valence-corrected chi connectivity index (χ2v) is 13.7. The van der Waals surface area contributed by atoms with Crippen molar-refractivity contribution in [1.82, 2.24) is 0 Å². The highest BCUT2D eigenvalue weighted by atomic mass is 28.3. The SMILES string of the molecule is Fc1ccc(-c2ccc3c(c2)-c2cc(-c4ccc(F)cc4)ccc2[Si]3(c2ccccc2)c2ccccc2)cc1. The lowest BCUT2D eigenvalue weighted by Crippen LogP contribution is -2.72. The van der Waals surface area contributed by atoms with E-state index >= 15 is 0 Å². The number of rotatable bonds is 4. The molecule has 1 heterocycles. The highest BCUT2D eigenvalue weighted by Crippen LogP contribution is 2.35. The summed E-state index contributed by atoms with van der Waals surface area (Å²) in [5.41, 5.74) is 6.48. The maximum Gasteiger partial charge on any atom is 0.180 e. The molecule has 39 heavy (non-hydrogen) atoms. The fraction of sp³-hybridized carbons (Fsp3) is 0. The Balaban J connectivity index is 1.55. The molecule has 0 N–H and O–H groups in total. The Hall–Kier alpha value is -4.60. The Morgan fingerprint density at radius 3 is 1.10 bits per heavy atom. The van der Waals surface area contributed by atoms with Crippen LogP contribution in [0.15, 0.2) is 146 Å². The summed E-state index contributed by atoms with van der Waals surface area (Å²) >= 11 is 0. The van der Waals surface area contributed by atoms with Gasteiger partial charge in [-0.15, -0.1) is 0 Å². The van der Waals surface area contributed by atoms with E-state index in [9.17, 15) is 8.78 Å². The third-order valence-corrected chi connectivity index (χ3v) is 12.8. The first-order valence-corrected chi connectivity index (χ1v) is 15.1. The first-order chi connectivity index (χ1) is 19.1. The van der Waals surface area contributed by atoms with Crippen LogP contribution in [-0.2, 0) is 0 Å². The van der Waals surface area contributed by atoms with Gasteiger partial charge >= 0.3 is 0 Å². The van der Waals surface area contributed by atoms with E-state index in [0.717, 1.165) is 22.3 Å². The van der Waals surface area contributed by atoms with Crippen molar-refractivity contribution in [3.05, 3.63) is 157 Å². The molecule has 7 rings (SSSR count). The second-order valence-electron chi connectivity index (χ2n) is 10.0. The van der Waals surface area contributed by atoms with Crippen molar-refractivity contribution in [2.24, 2.45) is 0 Å². The summed E-state index contributed by atoms with van der Waals surface area (Å²) in [5.74, 6) is -0.484. The van der Waals surface area contributed by atoms with E-state index in [1.165, 1.54) is 56.1 Å². The minimum Gasteiger partial charge on any atom is -0.207 e. The molecule has 0 aliphatic carbocycles. The molecule has 0 nitrogen and oxygen atoms in total. The van der Waals surface area contributed by atoms with Gasteiger partial charge in [-0.05, 0) is 90.5 Å². The average molecular weight is 523 g/mol. The number of benzene rings is 6. The third kappa shape index (κ3) is 3.77. The van der Waals surface area contributed by atoms with Crippen LogP contribution >= 0.6 is 0 Å². The molecule has 0 saturated carbocycles. The van der Waals surface area contributed by atoms with Gasteiger partial charge < -0.3 is 0 Å². The van der Waals surface area contributed by atoms with E-state index in [-0.39, 0.29) is 11.6 Å². The van der Waals surface area contributed by atoms with Crippen molar-refractivity contribution in [3.63, 3.8) is 0 Å². The molecule has 0 fully saturated rings. The lowest BCUT2D eigenvalue weighted by molar-refractivity contribution is 0.627. The molecular formula is C36H24F2Si. The van der Waals surface area contributed by atoms with Gasteiger partial charge in [-0.3, -0.25) is 0 Å². The van der Waals surface area contributed by atoms with Crippen LogP contribution in [0.25, 0.3) is 33.4 Å². The first kappa shape index (κ1) is 23.5. The fourth-order valence-electron chi connectivity index (χ4n) is 6.14. The Labute approximate surface area is 227 Å². The average Bonchev–Trinajstić information content (AvgIpc) is 3.29. The predicted molar refractivity (Wildman–Crippen MR) is 160 cm³/mol. The van der Waals surface area contributed by atoms with E-state index in [4.69, 9.17) is 0 Å². The predicted octanol–water partition coefficient (Wildman–Crippen LogP) is 6.66. The highest BCUT2D eigenvalue weighted by molar-refractivity contribution is 7.22. The molecule has 0 atom stereocenters. The Kier molecular flexibility index (Phi) is 5.61. The Morgan fingerprint density at radius 2 is 0.718 bits per heavy atom. The normalized spacial score (nSPS) is 13.1. The standard InChI is InChI=1S/C36H24F2Si/c37-29-17-11-25(12-18-29)27-15-21-35-33(23-27)34-24-28(26-13-19-30(38)20-14-26)16-22-36(34)39(35,31-7-3-1-4-8-31)32-9-5-2-6-10-32/h1-24H. The monoisotopic (exact) mass is 522 g/mol. The quantitative estimate of drug-likeness (QED) is 0.227. The van der Waals surface area contributed by atoms with Crippen LogP contribution in [0.2, 0.25) is 0 Å². The molecule has 0 amide bonds. The third-order valence-electron chi connectivity index (χ3n) is 7.91. The number of fused-ring (bicyclic) bond motifs is 3. The molecule has 0 radical (unpaired) electrons. The van der Waals surface area contributed by atoms with Crippen LogP contribution in [0.5, 0.6) is 0 Å². The van der Waals surface area contributed by atoms with Crippen molar-refractivity contribution in [2.45, 2.75) is 0 Å². The van der Waals surface area contributed by atoms with Crippen molar-refractivity contribution in [2.75, 3.05) is 0 Å². The summed E-state index contributed by atoms with van der Waals surface area (Å²) in [7, 11) is -2.61. The van der Waals surface area contributed by atoms with Crippen LogP contribution in [0.3, 0.4) is 0 Å². The van der Waals surface area contributed by atoms with Gasteiger partial charge in [0.15, 0.2) is 8.07 Å². The van der Waals surface area contributed by atoms with Crippen molar-refractivity contribution >= 4 is 28.8 Å². The van der Waals surface area contributed by atoms with Gasteiger partial charge in [-0.1, -0.05) is 109 Å². The zero-order chi connectivity index (χ0) is 26.4. The molecular weight excluding hydrogens is 498 g/mol. The summed E-state index contributed by atoms with van der Waals surface area (Å²) in [4.78, 5) is 0. The number of hydrogen-bond donors (Lipinski definition) is 0. The van der Waals surface area contributed by atoms with Crippen molar-refractivity contribution in [3.8, 4) is 33.4 Å². The molecule has 6 aromatic rings. The van der Waals surface area contributed by atoms with Crippen LogP contribution in [0, 0.1) is 11.6 Å². The Bertz CT molecular complexity index is 1660. The molecule has 186 valence electrons. The van der Waals surface area contributed by atoms with Crippen LogP contribution in [0.4, 0.5) is 8.78 Å². The van der Waals surface area contributed by atoms with E-state index in [1.54, 1.807) is 0 Å². The maximum atomic E-state index is 13.7. The molecule has 1 aliphatic heterocycles. The second kappa shape index (κ2) is 9.30. The molecule has 6 aromatic carbocycles. The van der Waals surface area contributed by atoms with Gasteiger partial charge in [-0.2, -0.15) is 0 Å². The minimum absolute atomic E-state index is 0.242. The van der Waals surface area contributed by atoms with E-state index in [2.05, 4.69) is 97.1 Å². The van der Waals surface area contributed by atoms with Gasteiger partial charge in [0.2, 0.25) is 0 Å². The molecule has 0 aromatic heterocycles. The topological polar surface area (TPSA) is 0 Å². The fourth-order valence-corrected chi connectivity index (χ4v) is 11.3. The molecule has 0 bridgehead atoms. The van der Waals surface area contributed by atoms with Gasteiger partial charge in [0.05, 0.1) is 0 Å². The van der Waals surface area contributed by atoms with Gasteiger partial charge in [-0.25, -0.2) is 8.78 Å². The van der Waals surface area contributed by atoms with Crippen LogP contribution < -0.4 is 20.7 Å².